The molecule has 0 radical (unpaired) electrons. The second-order valence-electron chi connectivity index (χ2n) is 4.02. The van der Waals surface area contributed by atoms with Crippen molar-refractivity contribution in [3.8, 4) is 5.75 Å². The number of nitrogens with two attached hydrogens (primary N) is 1. The van der Waals surface area contributed by atoms with Crippen LogP contribution in [0.1, 0.15) is 30.0 Å². The number of ether oxygens (including phenoxy) is 1. The number of rotatable bonds is 4. The van der Waals surface area contributed by atoms with Crippen LogP contribution in [-0.2, 0) is 6.42 Å². The van der Waals surface area contributed by atoms with Crippen LogP contribution in [0.5, 0.6) is 5.75 Å². The molecular weight excluding hydrogens is 294 g/mol. The molecule has 0 spiro atoms. The second-order valence-corrected chi connectivity index (χ2v) is 4.94. The number of hydrogen-bond donors (Lipinski definition) is 1. The zero-order chi connectivity index (χ0) is 13.1. The summed E-state index contributed by atoms with van der Waals surface area (Å²) in [6.07, 6.45) is 0.865. The van der Waals surface area contributed by atoms with Gasteiger partial charge in [-0.15, -0.1) is 0 Å². The van der Waals surface area contributed by atoms with E-state index < -0.39 is 0 Å². The third-order valence-electron chi connectivity index (χ3n) is 2.87. The van der Waals surface area contributed by atoms with Crippen molar-refractivity contribution in [1.82, 2.24) is 0 Å². The first-order chi connectivity index (χ1) is 8.65. The highest BCUT2D eigenvalue weighted by molar-refractivity contribution is 9.10. The Balaban J connectivity index is 2.35. The van der Waals surface area contributed by atoms with E-state index in [9.17, 15) is 0 Å². The molecule has 0 bridgehead atoms. The molecule has 1 aromatic carbocycles. The van der Waals surface area contributed by atoms with Crippen LogP contribution in [0.25, 0.3) is 0 Å². The number of halogens is 1. The van der Waals surface area contributed by atoms with Gasteiger partial charge in [0.15, 0.2) is 0 Å². The first kappa shape index (κ1) is 13.2. The van der Waals surface area contributed by atoms with Gasteiger partial charge in [0, 0.05) is 16.5 Å². The average Bonchev–Trinajstić information content (AvgIpc) is 2.86. The van der Waals surface area contributed by atoms with E-state index in [-0.39, 0.29) is 6.04 Å². The quantitative estimate of drug-likeness (QED) is 0.937. The number of methoxy groups -OCH3 is 1. The molecule has 4 heteroatoms. The van der Waals surface area contributed by atoms with Crippen LogP contribution in [-0.4, -0.2) is 7.11 Å². The first-order valence-corrected chi connectivity index (χ1v) is 6.62. The van der Waals surface area contributed by atoms with Gasteiger partial charge in [-0.2, -0.15) is 0 Å². The minimum Gasteiger partial charge on any atom is -0.496 e. The fraction of sp³-hybridized carbons (Fsp3) is 0.286. The maximum Gasteiger partial charge on any atom is 0.125 e. The Bertz CT molecular complexity index is 536. The van der Waals surface area contributed by atoms with Crippen LogP contribution >= 0.6 is 15.9 Å². The van der Waals surface area contributed by atoms with E-state index in [1.807, 2.05) is 37.3 Å². The van der Waals surface area contributed by atoms with E-state index in [1.165, 1.54) is 0 Å². The SMILES string of the molecule is CCc1ccc(C(N)c2ccc(Br)cc2OC)o1. The Kier molecular flexibility index (Phi) is 4.09. The van der Waals surface area contributed by atoms with Gasteiger partial charge in [0.25, 0.3) is 0 Å². The van der Waals surface area contributed by atoms with Gasteiger partial charge in [-0.05, 0) is 24.3 Å². The van der Waals surface area contributed by atoms with E-state index in [0.29, 0.717) is 0 Å². The van der Waals surface area contributed by atoms with E-state index in [4.69, 9.17) is 14.9 Å². The molecule has 1 unspecified atom stereocenters. The van der Waals surface area contributed by atoms with Crippen molar-refractivity contribution in [2.75, 3.05) is 7.11 Å². The van der Waals surface area contributed by atoms with Crippen molar-refractivity contribution < 1.29 is 9.15 Å². The minimum atomic E-state index is -0.312. The lowest BCUT2D eigenvalue weighted by Crippen LogP contribution is -2.12. The predicted octanol–water partition coefficient (Wildman–Crippen LogP) is 3.66. The second kappa shape index (κ2) is 5.59. The van der Waals surface area contributed by atoms with E-state index in [2.05, 4.69) is 15.9 Å². The monoisotopic (exact) mass is 309 g/mol. The molecule has 0 amide bonds. The normalized spacial score (nSPS) is 12.4. The molecule has 1 atom stereocenters. The van der Waals surface area contributed by atoms with E-state index >= 15 is 0 Å². The predicted molar refractivity (Wildman–Crippen MR) is 74.8 cm³/mol. The Hall–Kier alpha value is -1.26. The summed E-state index contributed by atoms with van der Waals surface area (Å²) in [4.78, 5) is 0. The molecule has 0 aliphatic rings. The van der Waals surface area contributed by atoms with Crippen LogP contribution in [0.3, 0.4) is 0 Å². The summed E-state index contributed by atoms with van der Waals surface area (Å²) in [5, 5.41) is 0. The number of benzene rings is 1. The van der Waals surface area contributed by atoms with Gasteiger partial charge in [-0.25, -0.2) is 0 Å². The van der Waals surface area contributed by atoms with Gasteiger partial charge < -0.3 is 14.9 Å². The topological polar surface area (TPSA) is 48.4 Å². The Morgan fingerprint density at radius 3 is 2.72 bits per heavy atom. The number of hydrogen-bond acceptors (Lipinski definition) is 3. The molecular formula is C14H16BrNO2. The van der Waals surface area contributed by atoms with Crippen molar-refractivity contribution in [3.05, 3.63) is 51.9 Å². The van der Waals surface area contributed by atoms with Crippen molar-refractivity contribution >= 4 is 15.9 Å². The third-order valence-corrected chi connectivity index (χ3v) is 3.36. The molecule has 1 heterocycles. The maximum absolute atomic E-state index is 6.22. The van der Waals surface area contributed by atoms with Crippen molar-refractivity contribution in [2.45, 2.75) is 19.4 Å². The molecule has 0 aliphatic heterocycles. The summed E-state index contributed by atoms with van der Waals surface area (Å²) in [7, 11) is 1.64. The number of furan rings is 1. The molecule has 2 N–H and O–H groups in total. The van der Waals surface area contributed by atoms with E-state index in [1.54, 1.807) is 7.11 Å². The molecule has 2 aromatic rings. The Morgan fingerprint density at radius 2 is 2.11 bits per heavy atom. The van der Waals surface area contributed by atoms with Gasteiger partial charge in [-0.3, -0.25) is 0 Å². The van der Waals surface area contributed by atoms with Crippen molar-refractivity contribution in [1.29, 1.82) is 0 Å². The van der Waals surface area contributed by atoms with Gasteiger partial charge in [0.1, 0.15) is 17.3 Å². The fourth-order valence-electron chi connectivity index (χ4n) is 1.85. The van der Waals surface area contributed by atoms with Crippen molar-refractivity contribution in [3.63, 3.8) is 0 Å². The highest BCUT2D eigenvalue weighted by Crippen LogP contribution is 2.31. The minimum absolute atomic E-state index is 0.312. The van der Waals surface area contributed by atoms with Gasteiger partial charge in [-0.1, -0.05) is 28.9 Å². The molecule has 2 rings (SSSR count). The highest BCUT2D eigenvalue weighted by atomic mass is 79.9. The smallest absolute Gasteiger partial charge is 0.125 e. The fourth-order valence-corrected chi connectivity index (χ4v) is 2.19. The lowest BCUT2D eigenvalue weighted by Gasteiger charge is -2.14. The maximum atomic E-state index is 6.22. The van der Waals surface area contributed by atoms with Crippen molar-refractivity contribution in [2.24, 2.45) is 5.73 Å². The molecule has 3 nitrogen and oxygen atoms in total. The Morgan fingerprint density at radius 1 is 1.33 bits per heavy atom. The van der Waals surface area contributed by atoms with Crippen LogP contribution < -0.4 is 10.5 Å². The summed E-state index contributed by atoms with van der Waals surface area (Å²) in [5.74, 6) is 2.45. The zero-order valence-electron chi connectivity index (χ0n) is 10.4. The largest absolute Gasteiger partial charge is 0.496 e. The summed E-state index contributed by atoms with van der Waals surface area (Å²) in [6.45, 7) is 2.05. The summed E-state index contributed by atoms with van der Waals surface area (Å²) in [5.41, 5.74) is 7.14. The first-order valence-electron chi connectivity index (χ1n) is 5.83. The zero-order valence-corrected chi connectivity index (χ0v) is 12.0. The van der Waals surface area contributed by atoms with E-state index in [0.717, 1.165) is 33.7 Å². The third kappa shape index (κ3) is 2.60. The molecule has 0 aliphatic carbocycles. The van der Waals surface area contributed by atoms with Gasteiger partial charge in [0.2, 0.25) is 0 Å². The highest BCUT2D eigenvalue weighted by Gasteiger charge is 2.17. The average molecular weight is 310 g/mol. The van der Waals surface area contributed by atoms with Gasteiger partial charge in [0.05, 0.1) is 13.2 Å². The lowest BCUT2D eigenvalue weighted by atomic mass is 10.0. The molecule has 0 saturated carbocycles. The Labute approximate surface area is 115 Å². The molecule has 1 aromatic heterocycles. The number of aryl methyl sites for hydroxylation is 1. The lowest BCUT2D eigenvalue weighted by molar-refractivity contribution is 0.400. The van der Waals surface area contributed by atoms with Crippen LogP contribution in [0.2, 0.25) is 0 Å². The van der Waals surface area contributed by atoms with Crippen LogP contribution in [0.4, 0.5) is 0 Å². The molecule has 96 valence electrons. The summed E-state index contributed by atoms with van der Waals surface area (Å²) >= 11 is 3.41. The van der Waals surface area contributed by atoms with Crippen LogP contribution in [0.15, 0.2) is 39.2 Å². The van der Waals surface area contributed by atoms with Crippen LogP contribution in [0, 0.1) is 0 Å². The standard InChI is InChI=1S/C14H16BrNO2/c1-3-10-5-7-12(18-10)14(16)11-6-4-9(15)8-13(11)17-2/h4-8,14H,3,16H2,1-2H3. The molecule has 0 fully saturated rings. The molecule has 0 saturated heterocycles. The summed E-state index contributed by atoms with van der Waals surface area (Å²) < 4.78 is 12.0. The van der Waals surface area contributed by atoms with Gasteiger partial charge >= 0.3 is 0 Å². The molecule has 18 heavy (non-hydrogen) atoms. The summed E-state index contributed by atoms with van der Waals surface area (Å²) in [6, 6.07) is 9.36.